The van der Waals surface area contributed by atoms with Crippen molar-refractivity contribution in [3.63, 3.8) is 0 Å². The van der Waals surface area contributed by atoms with Crippen LogP contribution in [0.4, 0.5) is 4.79 Å². The summed E-state index contributed by atoms with van der Waals surface area (Å²) in [5.41, 5.74) is 0.554. The van der Waals surface area contributed by atoms with Gasteiger partial charge in [0.05, 0.1) is 26.2 Å². The maximum absolute atomic E-state index is 12.6. The van der Waals surface area contributed by atoms with Crippen molar-refractivity contribution >= 4 is 34.9 Å². The lowest BCUT2D eigenvalue weighted by Gasteiger charge is -2.13. The molecule has 0 saturated carbocycles. The molecule has 0 aliphatic carbocycles. The Morgan fingerprint density at radius 3 is 2.36 bits per heavy atom. The normalized spacial score (nSPS) is 15.1. The molecule has 1 saturated heterocycles. The fraction of sp³-hybridized carbons (Fsp3) is 0.421. The van der Waals surface area contributed by atoms with Crippen LogP contribution in [0.25, 0.3) is 6.08 Å². The molecule has 0 radical (unpaired) electrons. The average Bonchev–Trinajstić information content (AvgIpc) is 2.95. The van der Waals surface area contributed by atoms with Gasteiger partial charge in [0.1, 0.15) is 12.3 Å². The van der Waals surface area contributed by atoms with Gasteiger partial charge in [-0.1, -0.05) is 13.3 Å². The quantitative estimate of drug-likeness (QED) is 0.496. The van der Waals surface area contributed by atoms with Gasteiger partial charge in [0.25, 0.3) is 11.1 Å². The Morgan fingerprint density at radius 1 is 1.11 bits per heavy atom. The number of unbranched alkanes of at least 4 members (excludes halogenated alkanes) is 1. The second-order valence-corrected chi connectivity index (χ2v) is 6.91. The molecule has 1 N–H and O–H groups in total. The number of ether oxygens (including phenoxy) is 3. The van der Waals surface area contributed by atoms with Crippen molar-refractivity contribution in [2.75, 3.05) is 34.4 Å². The van der Waals surface area contributed by atoms with Crippen molar-refractivity contribution in [3.05, 3.63) is 22.6 Å². The van der Waals surface area contributed by atoms with Gasteiger partial charge >= 0.3 is 0 Å². The van der Waals surface area contributed by atoms with E-state index in [4.69, 9.17) is 14.2 Å². The highest BCUT2D eigenvalue weighted by molar-refractivity contribution is 8.18. The van der Waals surface area contributed by atoms with Gasteiger partial charge in [-0.25, -0.2) is 0 Å². The molecule has 0 unspecified atom stereocenters. The first kappa shape index (κ1) is 21.6. The minimum absolute atomic E-state index is 0.205. The van der Waals surface area contributed by atoms with Crippen LogP contribution in [0, 0.1) is 0 Å². The van der Waals surface area contributed by atoms with Crippen LogP contribution in [0.15, 0.2) is 17.0 Å². The lowest BCUT2D eigenvalue weighted by atomic mass is 10.1. The third-order valence-corrected chi connectivity index (χ3v) is 4.96. The third kappa shape index (κ3) is 4.98. The van der Waals surface area contributed by atoms with E-state index < -0.39 is 11.1 Å². The van der Waals surface area contributed by atoms with Crippen LogP contribution in [0.3, 0.4) is 0 Å². The van der Waals surface area contributed by atoms with Gasteiger partial charge in [0.15, 0.2) is 11.5 Å². The van der Waals surface area contributed by atoms with Crippen LogP contribution in [-0.4, -0.2) is 56.4 Å². The first-order chi connectivity index (χ1) is 13.4. The maximum atomic E-state index is 12.6. The highest BCUT2D eigenvalue weighted by Crippen LogP contribution is 2.38. The van der Waals surface area contributed by atoms with Gasteiger partial charge in [0.2, 0.25) is 5.91 Å². The van der Waals surface area contributed by atoms with Crippen LogP contribution in [0.1, 0.15) is 25.3 Å². The number of nitrogens with one attached hydrogen (secondary N) is 1. The smallest absolute Gasteiger partial charge is 0.294 e. The zero-order valence-electron chi connectivity index (χ0n) is 16.4. The number of carbonyl (C=O) groups is 3. The number of hydrogen-bond donors (Lipinski definition) is 1. The van der Waals surface area contributed by atoms with E-state index in [9.17, 15) is 14.4 Å². The summed E-state index contributed by atoms with van der Waals surface area (Å²) >= 11 is 0.780. The molecular weight excluding hydrogens is 384 g/mol. The standard InChI is InChI=1S/C19H24N2O6S/c1-5-6-7-20-17(22)11-21-18(23)16(28-19(21)24)9-12-8-14(26-3)15(27-4)10-13(12)25-2/h8-10H,5-7,11H2,1-4H3,(H,20,22)/b16-9-. The van der Waals surface area contributed by atoms with E-state index in [1.54, 1.807) is 18.2 Å². The van der Waals surface area contributed by atoms with Gasteiger partial charge in [-0.2, -0.15) is 0 Å². The molecule has 1 heterocycles. The molecule has 2 rings (SSSR count). The fourth-order valence-electron chi connectivity index (χ4n) is 2.55. The number of carbonyl (C=O) groups excluding carboxylic acids is 3. The third-order valence-electron chi connectivity index (χ3n) is 4.05. The maximum Gasteiger partial charge on any atom is 0.294 e. The number of benzene rings is 1. The topological polar surface area (TPSA) is 94.2 Å². The highest BCUT2D eigenvalue weighted by Gasteiger charge is 2.36. The Kier molecular flexibility index (Phi) is 7.74. The molecule has 0 spiro atoms. The molecule has 0 bridgehead atoms. The van der Waals surface area contributed by atoms with E-state index in [-0.39, 0.29) is 17.4 Å². The fourth-order valence-corrected chi connectivity index (χ4v) is 3.38. The molecular formula is C19H24N2O6S. The lowest BCUT2D eigenvalue weighted by Crippen LogP contribution is -2.39. The van der Waals surface area contributed by atoms with Crippen molar-refractivity contribution in [2.24, 2.45) is 0 Å². The monoisotopic (exact) mass is 408 g/mol. The number of imide groups is 1. The Morgan fingerprint density at radius 2 is 1.75 bits per heavy atom. The number of nitrogens with zero attached hydrogens (tertiary/aromatic N) is 1. The van der Waals surface area contributed by atoms with E-state index in [1.807, 2.05) is 6.92 Å². The number of methoxy groups -OCH3 is 3. The second kappa shape index (κ2) is 10.0. The van der Waals surface area contributed by atoms with E-state index in [1.165, 1.54) is 21.3 Å². The van der Waals surface area contributed by atoms with Gasteiger partial charge in [0, 0.05) is 18.2 Å². The summed E-state index contributed by atoms with van der Waals surface area (Å²) < 4.78 is 15.9. The first-order valence-electron chi connectivity index (χ1n) is 8.77. The molecule has 3 amide bonds. The molecule has 8 nitrogen and oxygen atoms in total. The van der Waals surface area contributed by atoms with Crippen molar-refractivity contribution in [2.45, 2.75) is 19.8 Å². The van der Waals surface area contributed by atoms with Gasteiger partial charge in [-0.05, 0) is 30.3 Å². The van der Waals surface area contributed by atoms with Crippen LogP contribution in [0.2, 0.25) is 0 Å². The summed E-state index contributed by atoms with van der Waals surface area (Å²) in [7, 11) is 4.50. The molecule has 0 atom stereocenters. The molecule has 1 fully saturated rings. The summed E-state index contributed by atoms with van der Waals surface area (Å²) in [5.74, 6) is 0.525. The van der Waals surface area contributed by atoms with Crippen molar-refractivity contribution < 1.29 is 28.6 Å². The van der Waals surface area contributed by atoms with Crippen molar-refractivity contribution in [1.29, 1.82) is 0 Å². The molecule has 9 heteroatoms. The Hall–Kier alpha value is -2.68. The van der Waals surface area contributed by atoms with E-state index in [0.29, 0.717) is 29.4 Å². The number of rotatable bonds is 9. The first-order valence-corrected chi connectivity index (χ1v) is 9.58. The van der Waals surface area contributed by atoms with Crippen LogP contribution in [0.5, 0.6) is 17.2 Å². The van der Waals surface area contributed by atoms with Crippen LogP contribution >= 0.6 is 11.8 Å². The Balaban J connectivity index is 2.22. The van der Waals surface area contributed by atoms with E-state index >= 15 is 0 Å². The summed E-state index contributed by atoms with van der Waals surface area (Å²) in [6.45, 7) is 2.23. The number of thioether (sulfide) groups is 1. The molecule has 28 heavy (non-hydrogen) atoms. The Labute approximate surface area is 168 Å². The van der Waals surface area contributed by atoms with Crippen molar-refractivity contribution in [1.82, 2.24) is 10.2 Å². The number of hydrogen-bond acceptors (Lipinski definition) is 7. The van der Waals surface area contributed by atoms with E-state index in [0.717, 1.165) is 29.5 Å². The second-order valence-electron chi connectivity index (χ2n) is 5.92. The zero-order valence-corrected chi connectivity index (χ0v) is 17.2. The molecule has 152 valence electrons. The average molecular weight is 408 g/mol. The minimum atomic E-state index is -0.516. The SMILES string of the molecule is CCCCNC(=O)CN1C(=O)S/C(=C\c2cc(OC)c(OC)cc2OC)C1=O. The summed E-state index contributed by atoms with van der Waals surface area (Å²) in [4.78, 5) is 37.9. The summed E-state index contributed by atoms with van der Waals surface area (Å²) in [5, 5.41) is 2.21. The largest absolute Gasteiger partial charge is 0.496 e. The van der Waals surface area contributed by atoms with Gasteiger partial charge in [-0.15, -0.1) is 0 Å². The zero-order chi connectivity index (χ0) is 20.7. The molecule has 0 aromatic heterocycles. The summed E-state index contributed by atoms with van der Waals surface area (Å²) in [6, 6.07) is 3.29. The molecule has 1 aromatic carbocycles. The lowest BCUT2D eigenvalue weighted by molar-refractivity contribution is -0.129. The van der Waals surface area contributed by atoms with Gasteiger partial charge in [-0.3, -0.25) is 19.3 Å². The Bertz CT molecular complexity index is 793. The molecule has 1 aromatic rings. The molecule has 1 aliphatic heterocycles. The van der Waals surface area contributed by atoms with Crippen LogP contribution in [-0.2, 0) is 9.59 Å². The predicted molar refractivity (Wildman–Crippen MR) is 107 cm³/mol. The van der Waals surface area contributed by atoms with E-state index in [2.05, 4.69) is 5.32 Å². The minimum Gasteiger partial charge on any atom is -0.496 e. The van der Waals surface area contributed by atoms with Crippen molar-refractivity contribution in [3.8, 4) is 17.2 Å². The highest BCUT2D eigenvalue weighted by atomic mass is 32.2. The molecule has 1 aliphatic rings. The predicted octanol–water partition coefficient (Wildman–Crippen LogP) is 2.67. The van der Waals surface area contributed by atoms with Gasteiger partial charge < -0.3 is 19.5 Å². The summed E-state index contributed by atoms with van der Waals surface area (Å²) in [6.07, 6.45) is 3.32. The number of amides is 3. The van der Waals surface area contributed by atoms with Crippen LogP contribution < -0.4 is 19.5 Å².